The molecule has 2 aliphatic rings. The monoisotopic (exact) mass is 584 g/mol. The fourth-order valence-electron chi connectivity index (χ4n) is 4.55. The van der Waals surface area contributed by atoms with Crippen molar-refractivity contribution in [2.45, 2.75) is 88.7 Å². The van der Waals surface area contributed by atoms with Gasteiger partial charge in [0.25, 0.3) is 5.91 Å². The van der Waals surface area contributed by atoms with E-state index in [0.29, 0.717) is 18.6 Å². The lowest BCUT2D eigenvalue weighted by molar-refractivity contribution is -0.161. The lowest BCUT2D eigenvalue weighted by Crippen LogP contribution is -2.52. The Bertz CT molecular complexity index is 1100. The van der Waals surface area contributed by atoms with Crippen molar-refractivity contribution in [3.8, 4) is 5.75 Å². The SMILES string of the molecule is COC1C=CN=C(C(=O)N[C@H]2CCC[C@H](OCCCC(F)(F)F)[C@@H](Oc3ccccc3)[C@H](C)OC2=O)C1OC(C)=O. The fraction of sp³-hybridized carbons (Fsp3) is 0.571. The minimum absolute atomic E-state index is 0.146. The Balaban J connectivity index is 1.75. The number of cyclic esters (lactones) is 1. The lowest BCUT2D eigenvalue weighted by Gasteiger charge is -2.31. The number of ether oxygens (including phenoxy) is 5. The molecule has 0 bridgehead atoms. The zero-order chi connectivity index (χ0) is 30.0. The summed E-state index contributed by atoms with van der Waals surface area (Å²) in [6.45, 7) is 2.62. The first kappa shape index (κ1) is 32.1. The third kappa shape index (κ3) is 9.85. The van der Waals surface area contributed by atoms with Crippen LogP contribution >= 0.6 is 0 Å². The van der Waals surface area contributed by atoms with Crippen LogP contribution in [0.2, 0.25) is 0 Å². The maximum absolute atomic E-state index is 13.2. The van der Waals surface area contributed by atoms with E-state index in [4.69, 9.17) is 23.7 Å². The van der Waals surface area contributed by atoms with Gasteiger partial charge in [0.15, 0.2) is 12.2 Å². The molecular weight excluding hydrogens is 549 g/mol. The number of nitrogens with one attached hydrogen (secondary N) is 1. The molecule has 1 N–H and O–H groups in total. The Morgan fingerprint density at radius 3 is 2.56 bits per heavy atom. The van der Waals surface area contributed by atoms with Gasteiger partial charge in [-0.25, -0.2) is 4.79 Å². The van der Waals surface area contributed by atoms with Gasteiger partial charge in [-0.05, 0) is 50.8 Å². The number of halogens is 3. The van der Waals surface area contributed by atoms with Gasteiger partial charge in [-0.1, -0.05) is 18.2 Å². The molecule has 2 unspecified atom stereocenters. The van der Waals surface area contributed by atoms with Crippen LogP contribution in [0, 0.1) is 0 Å². The number of carbonyl (C=O) groups is 3. The molecule has 3 rings (SSSR count). The van der Waals surface area contributed by atoms with Crippen LogP contribution in [0.15, 0.2) is 47.6 Å². The van der Waals surface area contributed by atoms with Gasteiger partial charge in [-0.3, -0.25) is 14.6 Å². The molecule has 0 aromatic heterocycles. The Labute approximate surface area is 236 Å². The predicted octanol–water partition coefficient (Wildman–Crippen LogP) is 3.68. The summed E-state index contributed by atoms with van der Waals surface area (Å²) in [5, 5.41) is 2.62. The molecule has 1 aromatic carbocycles. The van der Waals surface area contributed by atoms with E-state index in [1.807, 2.05) is 0 Å². The van der Waals surface area contributed by atoms with Crippen molar-refractivity contribution in [3.63, 3.8) is 0 Å². The van der Waals surface area contributed by atoms with Gasteiger partial charge in [0.2, 0.25) is 0 Å². The number of para-hydroxylation sites is 1. The number of alkyl halides is 3. The summed E-state index contributed by atoms with van der Waals surface area (Å²) in [7, 11) is 1.39. The molecule has 0 radical (unpaired) electrons. The van der Waals surface area contributed by atoms with Gasteiger partial charge in [-0.15, -0.1) is 0 Å². The molecule has 10 nitrogen and oxygen atoms in total. The summed E-state index contributed by atoms with van der Waals surface area (Å²) in [6.07, 6.45) is -6.09. The minimum atomic E-state index is -4.30. The molecule has 0 aliphatic carbocycles. The first-order chi connectivity index (χ1) is 19.5. The molecular formula is C28H35F3N2O8. The molecule has 41 heavy (non-hydrogen) atoms. The van der Waals surface area contributed by atoms with Gasteiger partial charge in [0.1, 0.15) is 29.7 Å². The van der Waals surface area contributed by atoms with Gasteiger partial charge < -0.3 is 29.0 Å². The quantitative estimate of drug-likeness (QED) is 0.327. The fourth-order valence-corrected chi connectivity index (χ4v) is 4.55. The second kappa shape index (κ2) is 15.0. The van der Waals surface area contributed by atoms with Crippen molar-refractivity contribution in [2.24, 2.45) is 4.99 Å². The van der Waals surface area contributed by atoms with Crippen molar-refractivity contribution in [3.05, 3.63) is 42.6 Å². The maximum atomic E-state index is 13.2. The molecule has 6 atom stereocenters. The Hall–Kier alpha value is -3.45. The largest absolute Gasteiger partial charge is 0.484 e. The standard InChI is InChI=1S/C28H35F3N2O8/c1-17-24(41-19-9-5-4-6-10-19)22(38-16-8-14-28(29,30)31)12-7-11-20(27(36)39-17)33-26(35)23-25(40-18(2)34)21(37-3)13-15-32-23/h4-6,9-10,13,15,17,20-22,24-25H,7-8,11-12,14,16H2,1-3H3,(H,33,35)/t17-,20-,21?,22-,24-,25?/m0/s1. The van der Waals surface area contributed by atoms with E-state index in [1.54, 1.807) is 37.3 Å². The van der Waals surface area contributed by atoms with Gasteiger partial charge in [0.05, 0.1) is 6.10 Å². The number of esters is 2. The van der Waals surface area contributed by atoms with Crippen LogP contribution in [0.25, 0.3) is 0 Å². The average molecular weight is 585 g/mol. The average Bonchev–Trinajstić information content (AvgIpc) is 2.96. The topological polar surface area (TPSA) is 122 Å². The molecule has 1 amide bonds. The van der Waals surface area contributed by atoms with E-state index < -0.39 is 67.0 Å². The number of benzene rings is 1. The van der Waals surface area contributed by atoms with Crippen LogP contribution in [-0.2, 0) is 33.3 Å². The summed E-state index contributed by atoms with van der Waals surface area (Å²) in [4.78, 5) is 42.1. The van der Waals surface area contributed by atoms with Crippen molar-refractivity contribution >= 4 is 23.6 Å². The summed E-state index contributed by atoms with van der Waals surface area (Å²) in [5.74, 6) is -1.65. The van der Waals surface area contributed by atoms with Crippen LogP contribution < -0.4 is 10.1 Å². The number of nitrogens with zero attached hydrogens (tertiary/aromatic N) is 1. The van der Waals surface area contributed by atoms with E-state index in [-0.39, 0.29) is 25.2 Å². The molecule has 2 aliphatic heterocycles. The van der Waals surface area contributed by atoms with Gasteiger partial charge >= 0.3 is 18.1 Å². The number of rotatable bonds is 10. The highest BCUT2D eigenvalue weighted by molar-refractivity contribution is 6.41. The maximum Gasteiger partial charge on any atom is 0.389 e. The summed E-state index contributed by atoms with van der Waals surface area (Å²) in [6, 6.07) is 7.64. The van der Waals surface area contributed by atoms with Crippen LogP contribution in [-0.4, -0.2) is 80.0 Å². The van der Waals surface area contributed by atoms with Crippen molar-refractivity contribution in [1.82, 2.24) is 5.32 Å². The van der Waals surface area contributed by atoms with Crippen LogP contribution in [0.5, 0.6) is 5.75 Å². The van der Waals surface area contributed by atoms with Gasteiger partial charge in [-0.2, -0.15) is 13.2 Å². The zero-order valence-electron chi connectivity index (χ0n) is 23.1. The first-order valence-corrected chi connectivity index (χ1v) is 13.3. The van der Waals surface area contributed by atoms with Crippen molar-refractivity contribution in [1.29, 1.82) is 0 Å². The number of aliphatic imine (C=N–C) groups is 1. The molecule has 1 fully saturated rings. The van der Waals surface area contributed by atoms with Crippen LogP contribution in [0.3, 0.4) is 0 Å². The molecule has 0 spiro atoms. The zero-order valence-corrected chi connectivity index (χ0v) is 23.1. The molecule has 0 saturated carbocycles. The second-order valence-electron chi connectivity index (χ2n) is 9.71. The first-order valence-electron chi connectivity index (χ1n) is 13.3. The summed E-state index contributed by atoms with van der Waals surface area (Å²) < 4.78 is 66.1. The number of carbonyl (C=O) groups excluding carboxylic acids is 3. The van der Waals surface area contributed by atoms with Crippen molar-refractivity contribution < 1.29 is 51.2 Å². The number of methoxy groups -OCH3 is 1. The normalized spacial score (nSPS) is 27.0. The predicted molar refractivity (Wildman–Crippen MR) is 140 cm³/mol. The third-order valence-corrected chi connectivity index (χ3v) is 6.51. The van der Waals surface area contributed by atoms with E-state index in [0.717, 1.165) is 0 Å². The van der Waals surface area contributed by atoms with Crippen LogP contribution in [0.4, 0.5) is 13.2 Å². The molecule has 2 heterocycles. The second-order valence-corrected chi connectivity index (χ2v) is 9.71. The molecule has 13 heteroatoms. The van der Waals surface area contributed by atoms with E-state index in [2.05, 4.69) is 10.3 Å². The van der Waals surface area contributed by atoms with E-state index in [9.17, 15) is 27.6 Å². The molecule has 226 valence electrons. The Kier molecular flexibility index (Phi) is 11.7. The Morgan fingerprint density at radius 1 is 1.17 bits per heavy atom. The van der Waals surface area contributed by atoms with E-state index in [1.165, 1.54) is 26.3 Å². The number of amides is 1. The highest BCUT2D eigenvalue weighted by Gasteiger charge is 2.39. The summed E-state index contributed by atoms with van der Waals surface area (Å²) >= 11 is 0. The molecule has 1 saturated heterocycles. The smallest absolute Gasteiger partial charge is 0.389 e. The van der Waals surface area contributed by atoms with E-state index >= 15 is 0 Å². The van der Waals surface area contributed by atoms with Crippen molar-refractivity contribution in [2.75, 3.05) is 13.7 Å². The Morgan fingerprint density at radius 2 is 1.90 bits per heavy atom. The minimum Gasteiger partial charge on any atom is -0.484 e. The number of hydrogen-bond acceptors (Lipinski definition) is 9. The highest BCUT2D eigenvalue weighted by atomic mass is 19.4. The third-order valence-electron chi connectivity index (χ3n) is 6.51. The molecule has 1 aromatic rings. The number of hydrogen-bond donors (Lipinski definition) is 1. The van der Waals surface area contributed by atoms with Gasteiger partial charge in [0, 0.05) is 33.3 Å². The lowest BCUT2D eigenvalue weighted by atomic mass is 10.0. The summed E-state index contributed by atoms with van der Waals surface area (Å²) in [5.41, 5.74) is -0.147. The highest BCUT2D eigenvalue weighted by Crippen LogP contribution is 2.26. The van der Waals surface area contributed by atoms with Crippen LogP contribution in [0.1, 0.15) is 46.0 Å².